The topological polar surface area (TPSA) is 89.9 Å². The van der Waals surface area contributed by atoms with Crippen molar-refractivity contribution >= 4 is 33.8 Å². The summed E-state index contributed by atoms with van der Waals surface area (Å²) < 4.78 is 11.0. The molecule has 0 aliphatic heterocycles. The first-order valence-corrected chi connectivity index (χ1v) is 9.15. The fourth-order valence-electron chi connectivity index (χ4n) is 5.19. The Morgan fingerprint density at radius 3 is 2.35 bits per heavy atom. The van der Waals surface area contributed by atoms with Crippen LogP contribution in [0.4, 0.5) is 0 Å². The lowest BCUT2D eigenvalue weighted by Gasteiger charge is -2.59. The van der Waals surface area contributed by atoms with Crippen LogP contribution in [0.3, 0.4) is 0 Å². The van der Waals surface area contributed by atoms with Gasteiger partial charge in [-0.15, -0.1) is 0 Å². The van der Waals surface area contributed by atoms with E-state index in [1.807, 2.05) is 0 Å². The highest BCUT2D eigenvalue weighted by Gasteiger charge is 2.63. The number of halogens is 1. The highest BCUT2D eigenvalue weighted by Crippen LogP contribution is 2.63. The monoisotopic (exact) mass is 388 g/mol. The maximum atomic E-state index is 12.6. The number of esters is 2. The Labute approximate surface area is 143 Å². The number of carbonyl (C=O) groups excluding carboxylic acids is 2. The van der Waals surface area contributed by atoms with Crippen molar-refractivity contribution in [3.8, 4) is 0 Å². The van der Waals surface area contributed by atoms with E-state index in [0.717, 1.165) is 32.1 Å². The van der Waals surface area contributed by atoms with E-state index in [0.29, 0.717) is 18.3 Å². The largest absolute Gasteiger partial charge is 0.481 e. The Balaban J connectivity index is 1.73. The molecule has 23 heavy (non-hydrogen) atoms. The van der Waals surface area contributed by atoms with Crippen LogP contribution in [0, 0.1) is 17.3 Å². The number of aliphatic carboxylic acids is 1. The number of carbonyl (C=O) groups is 3. The predicted octanol–water partition coefficient (Wildman–Crippen LogP) is 2.28. The summed E-state index contributed by atoms with van der Waals surface area (Å²) in [6.45, 7) is -0.0978. The number of rotatable bonds is 6. The molecule has 4 fully saturated rings. The number of hydrogen-bond donors (Lipinski definition) is 1. The zero-order valence-electron chi connectivity index (χ0n) is 12.9. The first-order chi connectivity index (χ1) is 10.9. The Kier molecular flexibility index (Phi) is 4.42. The zero-order chi connectivity index (χ0) is 16.7. The molecule has 4 bridgehead atoms. The summed E-state index contributed by atoms with van der Waals surface area (Å²) >= 11 is 3.12. The van der Waals surface area contributed by atoms with E-state index in [9.17, 15) is 14.4 Å². The molecule has 1 N–H and O–H groups in total. The molecule has 2 atom stereocenters. The molecule has 6 nitrogen and oxygen atoms in total. The van der Waals surface area contributed by atoms with Gasteiger partial charge in [0.1, 0.15) is 17.5 Å². The van der Waals surface area contributed by atoms with Crippen LogP contribution in [0.2, 0.25) is 0 Å². The molecule has 4 aliphatic carbocycles. The number of carboxylic acids is 1. The molecule has 0 spiro atoms. The van der Waals surface area contributed by atoms with Crippen LogP contribution in [0.1, 0.15) is 44.9 Å². The van der Waals surface area contributed by atoms with Gasteiger partial charge in [0.15, 0.2) is 0 Å². The van der Waals surface area contributed by atoms with Gasteiger partial charge in [-0.3, -0.25) is 14.4 Å². The molecule has 7 heteroatoms. The Bertz CT molecular complexity index is 517. The van der Waals surface area contributed by atoms with Gasteiger partial charge in [-0.2, -0.15) is 0 Å². The molecular weight excluding hydrogens is 368 g/mol. The lowest BCUT2D eigenvalue weighted by molar-refractivity contribution is -0.211. The van der Waals surface area contributed by atoms with Gasteiger partial charge < -0.3 is 14.6 Å². The number of ether oxygens (including phenoxy) is 2. The molecule has 0 amide bonds. The standard InChI is InChI=1S/C16H21BrO6/c17-8-13(20)23-16-6-10-3-11(7-16)5-15(4-10,9-16)14(21)22-2-1-12(18)19/h10-11H,1-9H2,(H,18,19). The summed E-state index contributed by atoms with van der Waals surface area (Å²) in [7, 11) is 0. The average Bonchev–Trinajstić information content (AvgIpc) is 2.44. The molecule has 0 radical (unpaired) electrons. The van der Waals surface area contributed by atoms with E-state index >= 15 is 0 Å². The van der Waals surface area contributed by atoms with Crippen molar-refractivity contribution in [2.75, 3.05) is 11.9 Å². The molecular formula is C16H21BrO6. The Morgan fingerprint density at radius 2 is 1.78 bits per heavy atom. The van der Waals surface area contributed by atoms with E-state index in [1.54, 1.807) is 0 Å². The molecule has 2 unspecified atom stereocenters. The van der Waals surface area contributed by atoms with Gasteiger partial charge >= 0.3 is 17.9 Å². The van der Waals surface area contributed by atoms with Crippen LogP contribution >= 0.6 is 15.9 Å². The maximum Gasteiger partial charge on any atom is 0.317 e. The third-order valence-corrected chi connectivity index (χ3v) is 5.89. The van der Waals surface area contributed by atoms with Gasteiger partial charge in [-0.1, -0.05) is 15.9 Å². The SMILES string of the molecule is O=C(O)CCOC(=O)C12CC3CC(CC(OC(=O)CBr)(C3)C1)C2. The molecule has 0 heterocycles. The van der Waals surface area contributed by atoms with E-state index in [-0.39, 0.29) is 30.3 Å². The van der Waals surface area contributed by atoms with Crippen molar-refractivity contribution in [3.05, 3.63) is 0 Å². The second-order valence-corrected chi connectivity index (χ2v) is 7.87. The minimum absolute atomic E-state index is 0.0978. The molecule has 4 aliphatic rings. The lowest BCUT2D eigenvalue weighted by atomic mass is 9.48. The van der Waals surface area contributed by atoms with Gasteiger partial charge in [0, 0.05) is 6.42 Å². The zero-order valence-corrected chi connectivity index (χ0v) is 14.5. The number of alkyl halides is 1. The first kappa shape index (κ1) is 16.7. The van der Waals surface area contributed by atoms with Crippen LogP contribution < -0.4 is 0 Å². The molecule has 0 saturated heterocycles. The molecule has 4 rings (SSSR count). The van der Waals surface area contributed by atoms with Crippen LogP contribution in [0.25, 0.3) is 0 Å². The van der Waals surface area contributed by atoms with Gasteiger partial charge in [0.2, 0.25) is 0 Å². The third kappa shape index (κ3) is 3.25. The molecule has 0 aromatic carbocycles. The van der Waals surface area contributed by atoms with Crippen molar-refractivity contribution in [1.29, 1.82) is 0 Å². The van der Waals surface area contributed by atoms with Gasteiger partial charge in [-0.25, -0.2) is 0 Å². The van der Waals surface area contributed by atoms with Crippen LogP contribution in [-0.4, -0.2) is 40.6 Å². The molecule has 0 aromatic heterocycles. The van der Waals surface area contributed by atoms with Gasteiger partial charge in [-0.05, 0) is 43.9 Å². The lowest BCUT2D eigenvalue weighted by Crippen LogP contribution is -2.60. The number of carboxylic acid groups (broad SMARTS) is 1. The van der Waals surface area contributed by atoms with Crippen LogP contribution in [0.5, 0.6) is 0 Å². The Morgan fingerprint density at radius 1 is 1.13 bits per heavy atom. The summed E-state index contributed by atoms with van der Waals surface area (Å²) in [4.78, 5) is 35.0. The first-order valence-electron chi connectivity index (χ1n) is 8.03. The second-order valence-electron chi connectivity index (χ2n) is 7.31. The van der Waals surface area contributed by atoms with Crippen molar-refractivity contribution < 1.29 is 29.0 Å². The van der Waals surface area contributed by atoms with Crippen molar-refractivity contribution in [3.63, 3.8) is 0 Å². The summed E-state index contributed by atoms with van der Waals surface area (Å²) in [6, 6.07) is 0. The van der Waals surface area contributed by atoms with E-state index in [1.165, 1.54) is 0 Å². The molecule has 0 aromatic rings. The summed E-state index contributed by atoms with van der Waals surface area (Å²) in [5.74, 6) is -0.822. The van der Waals surface area contributed by atoms with E-state index in [4.69, 9.17) is 14.6 Å². The second kappa shape index (κ2) is 6.07. The van der Waals surface area contributed by atoms with E-state index in [2.05, 4.69) is 15.9 Å². The highest BCUT2D eigenvalue weighted by molar-refractivity contribution is 9.09. The molecule has 128 valence electrons. The minimum Gasteiger partial charge on any atom is -0.481 e. The van der Waals surface area contributed by atoms with Gasteiger partial charge in [0.25, 0.3) is 0 Å². The quantitative estimate of drug-likeness (QED) is 0.554. The van der Waals surface area contributed by atoms with E-state index < -0.39 is 17.0 Å². The highest BCUT2D eigenvalue weighted by atomic mass is 79.9. The van der Waals surface area contributed by atoms with Crippen molar-refractivity contribution in [2.45, 2.75) is 50.5 Å². The minimum atomic E-state index is -0.981. The predicted molar refractivity (Wildman–Crippen MR) is 82.9 cm³/mol. The third-order valence-electron chi connectivity index (χ3n) is 5.43. The number of hydrogen-bond acceptors (Lipinski definition) is 5. The summed E-state index contributed by atoms with van der Waals surface area (Å²) in [5.41, 5.74) is -1.14. The fourth-order valence-corrected chi connectivity index (χ4v) is 5.30. The molecule has 4 saturated carbocycles. The smallest absolute Gasteiger partial charge is 0.317 e. The van der Waals surface area contributed by atoms with Crippen LogP contribution in [-0.2, 0) is 23.9 Å². The van der Waals surface area contributed by atoms with Crippen molar-refractivity contribution in [1.82, 2.24) is 0 Å². The van der Waals surface area contributed by atoms with Crippen molar-refractivity contribution in [2.24, 2.45) is 17.3 Å². The Hall–Kier alpha value is -1.11. The van der Waals surface area contributed by atoms with Gasteiger partial charge in [0.05, 0.1) is 11.8 Å². The maximum absolute atomic E-state index is 12.6. The average molecular weight is 389 g/mol. The summed E-state index contributed by atoms with van der Waals surface area (Å²) in [6.07, 6.45) is 4.60. The normalized spacial score (nSPS) is 37.4. The fraction of sp³-hybridized carbons (Fsp3) is 0.812. The summed E-state index contributed by atoms with van der Waals surface area (Å²) in [5, 5.41) is 8.83. The van der Waals surface area contributed by atoms with Crippen LogP contribution in [0.15, 0.2) is 0 Å².